The van der Waals surface area contributed by atoms with Crippen LogP contribution >= 0.6 is 0 Å². The molecule has 4 aromatic heterocycles. The SMILES string of the molecule is CN1CC=C(c2cc3c(-c4ccnc(NC(=O)n5cc6ccccc6c5)c4CO)ccnc3[nH]2)CC1. The fraction of sp³-hybridized carbons (Fsp3) is 0.179. The number of carbonyl (C=O) groups excluding carboxylic acids is 1. The number of fused-ring (bicyclic) bond motifs is 2. The van der Waals surface area contributed by atoms with E-state index >= 15 is 0 Å². The van der Waals surface area contributed by atoms with Gasteiger partial charge in [-0.25, -0.2) is 14.8 Å². The summed E-state index contributed by atoms with van der Waals surface area (Å²) >= 11 is 0. The normalized spacial score (nSPS) is 14.3. The number of H-pyrrole nitrogens is 1. The number of hydrogen-bond donors (Lipinski definition) is 3. The Balaban J connectivity index is 1.37. The van der Waals surface area contributed by atoms with E-state index in [1.807, 2.05) is 36.4 Å². The van der Waals surface area contributed by atoms with E-state index < -0.39 is 0 Å². The number of pyridine rings is 2. The van der Waals surface area contributed by atoms with Gasteiger partial charge in [-0.3, -0.25) is 9.88 Å². The molecule has 0 atom stereocenters. The highest BCUT2D eigenvalue weighted by atomic mass is 16.3. The van der Waals surface area contributed by atoms with Crippen molar-refractivity contribution in [1.29, 1.82) is 0 Å². The molecule has 0 spiro atoms. The van der Waals surface area contributed by atoms with E-state index in [4.69, 9.17) is 0 Å². The lowest BCUT2D eigenvalue weighted by Gasteiger charge is -2.21. The maximum atomic E-state index is 13.0. The van der Waals surface area contributed by atoms with Crippen LogP contribution in [0.2, 0.25) is 0 Å². The summed E-state index contributed by atoms with van der Waals surface area (Å²) in [6.45, 7) is 1.66. The fourth-order valence-corrected chi connectivity index (χ4v) is 4.83. The summed E-state index contributed by atoms with van der Waals surface area (Å²) in [5.41, 5.74) is 5.40. The summed E-state index contributed by atoms with van der Waals surface area (Å²) in [5.74, 6) is 0.330. The zero-order valence-electron chi connectivity index (χ0n) is 19.9. The van der Waals surface area contributed by atoms with Gasteiger partial charge in [0.05, 0.1) is 6.61 Å². The molecule has 1 aliphatic heterocycles. The van der Waals surface area contributed by atoms with Crippen LogP contribution in [0.15, 0.2) is 73.3 Å². The second-order valence-electron chi connectivity index (χ2n) is 9.11. The molecule has 1 aromatic carbocycles. The van der Waals surface area contributed by atoms with Gasteiger partial charge in [0.25, 0.3) is 0 Å². The Bertz CT molecular complexity index is 1600. The predicted octanol–water partition coefficient (Wildman–Crippen LogP) is 4.87. The number of amides is 1. The molecule has 3 N–H and O–H groups in total. The molecule has 180 valence electrons. The first-order valence-electron chi connectivity index (χ1n) is 11.9. The number of hydrogen-bond acceptors (Lipinski definition) is 5. The first-order chi connectivity index (χ1) is 17.6. The first kappa shape index (κ1) is 22.2. The summed E-state index contributed by atoms with van der Waals surface area (Å²) < 4.78 is 1.50. The molecule has 5 aromatic rings. The third-order valence-corrected chi connectivity index (χ3v) is 6.81. The lowest BCUT2D eigenvalue weighted by molar-refractivity contribution is 0.253. The largest absolute Gasteiger partial charge is 0.392 e. The van der Waals surface area contributed by atoms with Crippen molar-refractivity contribution in [2.45, 2.75) is 13.0 Å². The minimum Gasteiger partial charge on any atom is -0.392 e. The maximum Gasteiger partial charge on any atom is 0.331 e. The van der Waals surface area contributed by atoms with Crippen LogP contribution in [-0.4, -0.2) is 55.7 Å². The van der Waals surface area contributed by atoms with E-state index in [2.05, 4.69) is 44.4 Å². The van der Waals surface area contributed by atoms with E-state index in [0.29, 0.717) is 11.4 Å². The first-order valence-corrected chi connectivity index (χ1v) is 11.9. The highest BCUT2D eigenvalue weighted by molar-refractivity contribution is 5.99. The number of benzene rings is 1. The monoisotopic (exact) mass is 478 g/mol. The number of nitrogens with one attached hydrogen (secondary N) is 2. The lowest BCUT2D eigenvalue weighted by Crippen LogP contribution is -2.23. The number of aromatic amines is 1. The molecule has 0 fully saturated rings. The van der Waals surface area contributed by atoms with Gasteiger partial charge < -0.3 is 15.0 Å². The summed E-state index contributed by atoms with van der Waals surface area (Å²) in [5, 5.41) is 16.1. The third kappa shape index (κ3) is 3.96. The highest BCUT2D eigenvalue weighted by Gasteiger charge is 2.18. The van der Waals surface area contributed by atoms with Gasteiger partial charge >= 0.3 is 6.03 Å². The molecule has 36 heavy (non-hydrogen) atoms. The van der Waals surface area contributed by atoms with Gasteiger partial charge in [-0.05, 0) is 59.1 Å². The summed E-state index contributed by atoms with van der Waals surface area (Å²) in [6, 6.07) is 13.4. The quantitative estimate of drug-likeness (QED) is 0.342. The van der Waals surface area contributed by atoms with Crippen molar-refractivity contribution in [1.82, 2.24) is 24.4 Å². The van der Waals surface area contributed by atoms with Gasteiger partial charge in [-0.15, -0.1) is 0 Å². The number of rotatable bonds is 4. The Morgan fingerprint density at radius 3 is 2.56 bits per heavy atom. The number of anilines is 1. The number of nitrogens with zero attached hydrogens (tertiary/aromatic N) is 4. The number of aliphatic hydroxyl groups is 1. The van der Waals surface area contributed by atoms with Crippen LogP contribution in [0, 0.1) is 0 Å². The molecule has 0 aliphatic carbocycles. The third-order valence-electron chi connectivity index (χ3n) is 6.81. The molecule has 1 amide bonds. The van der Waals surface area contributed by atoms with Crippen LogP contribution in [0.25, 0.3) is 38.5 Å². The molecule has 0 unspecified atom stereocenters. The van der Waals surface area contributed by atoms with E-state index in [1.54, 1.807) is 24.8 Å². The molecule has 8 heteroatoms. The molecule has 5 heterocycles. The zero-order valence-corrected chi connectivity index (χ0v) is 19.9. The molecule has 0 saturated heterocycles. The number of aliphatic hydroxyl groups excluding tert-OH is 1. The van der Waals surface area contributed by atoms with Crippen LogP contribution in [0.4, 0.5) is 10.6 Å². The van der Waals surface area contributed by atoms with Crippen molar-refractivity contribution in [3.8, 4) is 11.1 Å². The fourth-order valence-electron chi connectivity index (χ4n) is 4.83. The topological polar surface area (TPSA) is 99.1 Å². The average Bonchev–Trinajstić information content (AvgIpc) is 3.53. The van der Waals surface area contributed by atoms with Crippen molar-refractivity contribution in [3.05, 3.63) is 84.6 Å². The van der Waals surface area contributed by atoms with Crippen molar-refractivity contribution in [3.63, 3.8) is 0 Å². The molecule has 6 rings (SSSR count). The molecule has 0 bridgehead atoms. The molecule has 1 aliphatic rings. The second-order valence-corrected chi connectivity index (χ2v) is 9.11. The number of likely N-dealkylation sites (N-methyl/N-ethyl adjacent to an activating group) is 1. The van der Waals surface area contributed by atoms with Crippen molar-refractivity contribution in [2.24, 2.45) is 0 Å². The Morgan fingerprint density at radius 1 is 1.08 bits per heavy atom. The minimum atomic E-state index is -0.344. The molecular formula is C28H26N6O2. The van der Waals surface area contributed by atoms with Crippen LogP contribution in [0.1, 0.15) is 17.7 Å². The van der Waals surface area contributed by atoms with E-state index in [1.165, 1.54) is 10.1 Å². The molecule has 0 saturated carbocycles. The van der Waals surface area contributed by atoms with Crippen molar-refractivity contribution >= 4 is 39.2 Å². The maximum absolute atomic E-state index is 13.0. The second kappa shape index (κ2) is 9.07. The van der Waals surface area contributed by atoms with E-state index in [-0.39, 0.29) is 12.6 Å². The number of carbonyl (C=O) groups is 1. The van der Waals surface area contributed by atoms with E-state index in [9.17, 15) is 9.90 Å². The van der Waals surface area contributed by atoms with Gasteiger partial charge in [0, 0.05) is 54.5 Å². The Morgan fingerprint density at radius 2 is 1.83 bits per heavy atom. The smallest absolute Gasteiger partial charge is 0.331 e. The van der Waals surface area contributed by atoms with Gasteiger partial charge in [-0.1, -0.05) is 30.3 Å². The van der Waals surface area contributed by atoms with Crippen molar-refractivity contribution in [2.75, 3.05) is 25.5 Å². The zero-order chi connectivity index (χ0) is 24.6. The van der Waals surface area contributed by atoms with Crippen molar-refractivity contribution < 1.29 is 9.90 Å². The highest BCUT2D eigenvalue weighted by Crippen LogP contribution is 2.35. The van der Waals surface area contributed by atoms with Crippen LogP contribution in [0.5, 0.6) is 0 Å². The molecular weight excluding hydrogens is 452 g/mol. The Kier molecular flexibility index (Phi) is 5.59. The lowest BCUT2D eigenvalue weighted by atomic mass is 9.98. The van der Waals surface area contributed by atoms with Crippen LogP contribution < -0.4 is 5.32 Å². The van der Waals surface area contributed by atoms with Gasteiger partial charge in [0.2, 0.25) is 0 Å². The van der Waals surface area contributed by atoms with Crippen LogP contribution in [-0.2, 0) is 6.61 Å². The van der Waals surface area contributed by atoms with E-state index in [0.717, 1.165) is 58.1 Å². The average molecular weight is 479 g/mol. The molecule has 8 nitrogen and oxygen atoms in total. The number of aromatic nitrogens is 4. The van der Waals surface area contributed by atoms with Gasteiger partial charge in [0.15, 0.2) is 0 Å². The Labute approximate surface area is 207 Å². The standard InChI is InChI=1S/C28H26N6O2/c1-33-12-8-18(9-13-33)25-14-23-21(6-10-29-26(23)31-25)22-7-11-30-27(24(22)17-35)32-28(36)34-15-19-4-2-3-5-20(19)16-34/h2-8,10-11,14-16,35H,9,12-13,17H2,1H3,(H,29,31)(H,30,32,36). The minimum absolute atomic E-state index is 0.273. The van der Waals surface area contributed by atoms with Gasteiger partial charge in [-0.2, -0.15) is 0 Å². The Hall–Kier alpha value is -4.27. The summed E-state index contributed by atoms with van der Waals surface area (Å²) in [7, 11) is 2.12. The van der Waals surface area contributed by atoms with Crippen LogP contribution in [0.3, 0.4) is 0 Å². The van der Waals surface area contributed by atoms with Gasteiger partial charge in [0.1, 0.15) is 11.5 Å². The summed E-state index contributed by atoms with van der Waals surface area (Å²) in [6.07, 6.45) is 10.2. The predicted molar refractivity (Wildman–Crippen MR) is 142 cm³/mol. The summed E-state index contributed by atoms with van der Waals surface area (Å²) in [4.78, 5) is 27.7. The molecule has 0 radical (unpaired) electrons.